The lowest BCUT2D eigenvalue weighted by molar-refractivity contribution is -0.108. The van der Waals surface area contributed by atoms with Crippen LogP contribution in [0.4, 0.5) is 5.82 Å². The van der Waals surface area contributed by atoms with E-state index in [1.54, 1.807) is 13.1 Å². The molecule has 1 saturated carbocycles. The van der Waals surface area contributed by atoms with Gasteiger partial charge in [0.15, 0.2) is 0 Å². The molecular formula is C15H26ClN3O. The molecule has 0 radical (unpaired) electrons. The van der Waals surface area contributed by atoms with Crippen molar-refractivity contribution in [1.82, 2.24) is 4.98 Å². The van der Waals surface area contributed by atoms with Gasteiger partial charge in [-0.15, -0.1) is 0 Å². The topological polar surface area (TPSA) is 68.0 Å². The molecule has 114 valence electrons. The van der Waals surface area contributed by atoms with E-state index >= 15 is 0 Å². The average Bonchev–Trinajstić information content (AvgIpc) is 2.88. The van der Waals surface area contributed by atoms with E-state index in [9.17, 15) is 4.79 Å². The summed E-state index contributed by atoms with van der Waals surface area (Å²) in [5, 5.41) is 3.39. The Hall–Kier alpha value is -1.13. The molecule has 1 aliphatic carbocycles. The molecular weight excluding hydrogens is 274 g/mol. The van der Waals surface area contributed by atoms with Gasteiger partial charge in [0.05, 0.1) is 0 Å². The first-order valence-corrected chi connectivity index (χ1v) is 7.53. The number of halogens is 1. The number of hydrogen-bond acceptors (Lipinski definition) is 4. The molecule has 2 unspecified atom stereocenters. The lowest BCUT2D eigenvalue weighted by Gasteiger charge is -2.01. The molecule has 0 saturated heterocycles. The molecule has 0 bridgehead atoms. The number of nitrogens with one attached hydrogen (secondary N) is 1. The summed E-state index contributed by atoms with van der Waals surface area (Å²) in [6.07, 6.45) is 5.04. The Labute approximate surface area is 127 Å². The van der Waals surface area contributed by atoms with Gasteiger partial charge in [0.2, 0.25) is 0 Å². The van der Waals surface area contributed by atoms with E-state index in [2.05, 4.69) is 10.3 Å². The fraction of sp³-hybridized carbons (Fsp3) is 0.600. The minimum absolute atomic E-state index is 0.370. The predicted molar refractivity (Wildman–Crippen MR) is 86.1 cm³/mol. The second kappa shape index (κ2) is 11.7. The molecule has 3 N–H and O–H groups in total. The van der Waals surface area contributed by atoms with Crippen molar-refractivity contribution in [3.05, 3.63) is 23.4 Å². The zero-order valence-electron chi connectivity index (χ0n) is 12.6. The molecule has 1 fully saturated rings. The highest BCUT2D eigenvalue weighted by Crippen LogP contribution is 2.25. The second-order valence-electron chi connectivity index (χ2n) is 4.44. The van der Waals surface area contributed by atoms with Crippen molar-refractivity contribution < 1.29 is 4.79 Å². The van der Waals surface area contributed by atoms with E-state index in [1.807, 2.05) is 26.0 Å². The second-order valence-corrected chi connectivity index (χ2v) is 4.82. The van der Waals surface area contributed by atoms with Crippen LogP contribution >= 0.6 is 11.6 Å². The first kappa shape index (κ1) is 18.9. The van der Waals surface area contributed by atoms with Gasteiger partial charge in [-0.05, 0) is 37.3 Å². The van der Waals surface area contributed by atoms with Gasteiger partial charge in [0, 0.05) is 19.5 Å². The Kier molecular flexibility index (Phi) is 11.0. The summed E-state index contributed by atoms with van der Waals surface area (Å²) in [6.45, 7) is 4.00. The van der Waals surface area contributed by atoms with Gasteiger partial charge in [0.25, 0.3) is 0 Å². The highest BCUT2D eigenvalue weighted by atomic mass is 35.5. The summed E-state index contributed by atoms with van der Waals surface area (Å²) < 4.78 is 0. The van der Waals surface area contributed by atoms with Crippen molar-refractivity contribution in [3.8, 4) is 0 Å². The number of hydrogen-bond donors (Lipinski definition) is 2. The van der Waals surface area contributed by atoms with Crippen LogP contribution in [-0.4, -0.2) is 24.4 Å². The maximum Gasteiger partial charge on any atom is 0.131 e. The Balaban J connectivity index is 0.000000321. The van der Waals surface area contributed by atoms with Crippen LogP contribution in [0.15, 0.2) is 18.2 Å². The molecule has 1 heterocycles. The number of carbonyl (C=O) groups excluding carboxylic acids is 1. The fourth-order valence-electron chi connectivity index (χ4n) is 2.01. The monoisotopic (exact) mass is 299 g/mol. The first-order chi connectivity index (χ1) is 9.65. The third-order valence-electron chi connectivity index (χ3n) is 2.98. The van der Waals surface area contributed by atoms with Gasteiger partial charge in [-0.2, -0.15) is 0 Å². The number of carbonyl (C=O) groups is 1. The molecule has 0 spiro atoms. The molecule has 1 aliphatic rings. The molecule has 4 nitrogen and oxygen atoms in total. The predicted octanol–water partition coefficient (Wildman–Crippen LogP) is 3.51. The molecule has 1 aromatic heterocycles. The number of anilines is 1. The number of pyridine rings is 1. The normalized spacial score (nSPS) is 20.1. The van der Waals surface area contributed by atoms with Crippen LogP contribution in [0.5, 0.6) is 0 Å². The first-order valence-electron chi connectivity index (χ1n) is 7.15. The number of rotatable bonds is 3. The van der Waals surface area contributed by atoms with Crippen LogP contribution in [0.3, 0.4) is 0 Å². The molecule has 2 rings (SSSR count). The largest absolute Gasteiger partial charge is 0.373 e. The zero-order valence-corrected chi connectivity index (χ0v) is 13.4. The van der Waals surface area contributed by atoms with Crippen LogP contribution in [0.2, 0.25) is 5.15 Å². The highest BCUT2D eigenvalue weighted by Gasteiger charge is 2.20. The molecule has 20 heavy (non-hydrogen) atoms. The zero-order chi connectivity index (χ0) is 15.4. The van der Waals surface area contributed by atoms with Crippen LogP contribution in [0.1, 0.15) is 39.5 Å². The van der Waals surface area contributed by atoms with Crippen LogP contribution < -0.4 is 11.1 Å². The van der Waals surface area contributed by atoms with Gasteiger partial charge < -0.3 is 15.8 Å². The third kappa shape index (κ3) is 8.12. The van der Waals surface area contributed by atoms with E-state index in [0.717, 1.165) is 31.4 Å². The maximum atomic E-state index is 10.0. The third-order valence-corrected chi connectivity index (χ3v) is 3.19. The van der Waals surface area contributed by atoms with Gasteiger partial charge in [-0.1, -0.05) is 31.5 Å². The summed E-state index contributed by atoms with van der Waals surface area (Å²) in [5.74, 6) is 1.39. The van der Waals surface area contributed by atoms with Crippen molar-refractivity contribution in [2.75, 3.05) is 12.4 Å². The van der Waals surface area contributed by atoms with E-state index in [-0.39, 0.29) is 0 Å². The van der Waals surface area contributed by atoms with Crippen LogP contribution in [0.25, 0.3) is 0 Å². The van der Waals surface area contributed by atoms with Gasteiger partial charge in [-0.3, -0.25) is 0 Å². The summed E-state index contributed by atoms with van der Waals surface area (Å²) in [6, 6.07) is 5.81. The Morgan fingerprint density at radius 1 is 1.45 bits per heavy atom. The standard InChI is InChI=1S/C7H13NO.C6H7ClN2.C2H6/c8-7-2-1-6(5-7)3-4-9;1-8-6-4-2-3-5(7)9-6;1-2/h4,6-7H,1-3,5,8H2;2-4H,1H3,(H,8,9);1-2H3. The lowest BCUT2D eigenvalue weighted by atomic mass is 10.1. The quantitative estimate of drug-likeness (QED) is 0.662. The van der Waals surface area contributed by atoms with Gasteiger partial charge >= 0.3 is 0 Å². The highest BCUT2D eigenvalue weighted by molar-refractivity contribution is 6.29. The van der Waals surface area contributed by atoms with Crippen LogP contribution in [0, 0.1) is 5.92 Å². The van der Waals surface area contributed by atoms with E-state index in [1.165, 1.54) is 0 Å². The van der Waals surface area contributed by atoms with Crippen molar-refractivity contribution >= 4 is 23.7 Å². The van der Waals surface area contributed by atoms with Gasteiger partial charge in [0.1, 0.15) is 17.3 Å². The number of aldehydes is 1. The summed E-state index contributed by atoms with van der Waals surface area (Å²) in [5.41, 5.74) is 5.64. The number of nitrogens with two attached hydrogens (primary N) is 1. The summed E-state index contributed by atoms with van der Waals surface area (Å²) >= 11 is 5.57. The van der Waals surface area contributed by atoms with Crippen molar-refractivity contribution in [1.29, 1.82) is 0 Å². The molecule has 0 amide bonds. The Bertz CT molecular complexity index is 374. The lowest BCUT2D eigenvalue weighted by Crippen LogP contribution is -2.14. The van der Waals surface area contributed by atoms with Crippen LogP contribution in [-0.2, 0) is 4.79 Å². The minimum atomic E-state index is 0.370. The van der Waals surface area contributed by atoms with Crippen molar-refractivity contribution in [3.63, 3.8) is 0 Å². The van der Waals surface area contributed by atoms with E-state index in [4.69, 9.17) is 17.3 Å². The summed E-state index contributed by atoms with van der Waals surface area (Å²) in [7, 11) is 1.80. The summed E-state index contributed by atoms with van der Waals surface area (Å²) in [4.78, 5) is 14.0. The van der Waals surface area contributed by atoms with E-state index in [0.29, 0.717) is 23.5 Å². The minimum Gasteiger partial charge on any atom is -0.373 e. The van der Waals surface area contributed by atoms with Crippen molar-refractivity contribution in [2.45, 2.75) is 45.6 Å². The SMILES string of the molecule is CC.CNc1cccc(Cl)n1.NC1CCC(CC=O)C1. The van der Waals surface area contributed by atoms with Crippen molar-refractivity contribution in [2.24, 2.45) is 11.7 Å². The molecule has 1 aromatic rings. The molecule has 0 aliphatic heterocycles. The maximum absolute atomic E-state index is 10.0. The molecule has 2 atom stereocenters. The van der Waals surface area contributed by atoms with E-state index < -0.39 is 0 Å². The number of aromatic nitrogens is 1. The Morgan fingerprint density at radius 2 is 2.15 bits per heavy atom. The molecule has 5 heteroatoms. The molecule has 0 aromatic carbocycles. The average molecular weight is 300 g/mol. The fourth-order valence-corrected chi connectivity index (χ4v) is 2.18. The number of nitrogens with zero attached hydrogens (tertiary/aromatic N) is 1. The van der Waals surface area contributed by atoms with Gasteiger partial charge in [-0.25, -0.2) is 4.98 Å². The Morgan fingerprint density at radius 3 is 2.55 bits per heavy atom. The smallest absolute Gasteiger partial charge is 0.131 e.